The number of nitrogens with one attached hydrogen (secondary N) is 1. The maximum absolute atomic E-state index is 12.8. The molecule has 0 aliphatic carbocycles. The molecule has 0 saturated carbocycles. The quantitative estimate of drug-likeness (QED) is 0.391. The molecule has 1 aromatic heterocycles. The molecule has 1 heterocycles. The zero-order chi connectivity index (χ0) is 24.1. The van der Waals surface area contributed by atoms with Gasteiger partial charge in [0.15, 0.2) is 4.80 Å². The fourth-order valence-corrected chi connectivity index (χ4v) is 5.42. The fraction of sp³-hybridized carbons (Fsp3) is 0.120. The van der Waals surface area contributed by atoms with Crippen LogP contribution in [0.4, 0.5) is 5.69 Å². The summed E-state index contributed by atoms with van der Waals surface area (Å²) >= 11 is 1.34. The standard InChI is InChI=1S/C25H21N3O4S2/c1-3-16-28-22-15-14-20(32-4-2)17-23(22)33-25(28)26-24(29)18-10-12-19(13-11-18)27-34(30,31)21-8-6-5-7-9-21/h1,5-15,17,27H,4,16H2,2H3. The average Bonchev–Trinajstić information content (AvgIpc) is 3.16. The van der Waals surface area contributed by atoms with E-state index in [9.17, 15) is 13.2 Å². The highest BCUT2D eigenvalue weighted by molar-refractivity contribution is 7.92. The third-order valence-electron chi connectivity index (χ3n) is 4.85. The Morgan fingerprint density at radius 3 is 2.53 bits per heavy atom. The third kappa shape index (κ3) is 5.03. The third-order valence-corrected chi connectivity index (χ3v) is 7.29. The Hall–Kier alpha value is -3.87. The number of nitrogens with zero attached hydrogens (tertiary/aromatic N) is 2. The van der Waals surface area contributed by atoms with Crippen molar-refractivity contribution in [3.63, 3.8) is 0 Å². The lowest BCUT2D eigenvalue weighted by atomic mass is 10.2. The molecule has 0 spiro atoms. The van der Waals surface area contributed by atoms with E-state index in [0.717, 1.165) is 16.0 Å². The number of carbonyl (C=O) groups is 1. The molecule has 0 atom stereocenters. The number of carbonyl (C=O) groups excluding carboxylic acids is 1. The van der Waals surface area contributed by atoms with E-state index in [1.165, 1.54) is 47.7 Å². The molecule has 0 aliphatic heterocycles. The van der Waals surface area contributed by atoms with Gasteiger partial charge in [-0.2, -0.15) is 4.99 Å². The van der Waals surface area contributed by atoms with E-state index >= 15 is 0 Å². The van der Waals surface area contributed by atoms with Gasteiger partial charge in [0, 0.05) is 11.3 Å². The monoisotopic (exact) mass is 491 g/mol. The minimum atomic E-state index is -3.72. The number of ether oxygens (including phenoxy) is 1. The normalized spacial score (nSPS) is 11.8. The zero-order valence-corrected chi connectivity index (χ0v) is 19.9. The molecular weight excluding hydrogens is 470 g/mol. The first-order chi connectivity index (χ1) is 16.4. The van der Waals surface area contributed by atoms with Crippen LogP contribution in [0.25, 0.3) is 10.2 Å². The molecule has 0 saturated heterocycles. The van der Waals surface area contributed by atoms with Crippen LogP contribution >= 0.6 is 11.3 Å². The lowest BCUT2D eigenvalue weighted by molar-refractivity contribution is 0.0998. The number of amides is 1. The summed E-state index contributed by atoms with van der Waals surface area (Å²) in [6.45, 7) is 2.73. The van der Waals surface area contributed by atoms with Crippen LogP contribution in [0.15, 0.2) is 82.7 Å². The van der Waals surface area contributed by atoms with E-state index in [0.29, 0.717) is 22.7 Å². The Morgan fingerprint density at radius 2 is 1.85 bits per heavy atom. The van der Waals surface area contributed by atoms with Gasteiger partial charge in [0.2, 0.25) is 0 Å². The van der Waals surface area contributed by atoms with Gasteiger partial charge >= 0.3 is 0 Å². The molecular formula is C25H21N3O4S2. The molecule has 4 rings (SSSR count). The molecule has 7 nitrogen and oxygen atoms in total. The molecule has 3 aromatic carbocycles. The summed E-state index contributed by atoms with van der Waals surface area (Å²) in [7, 11) is -3.72. The van der Waals surface area contributed by atoms with Crippen LogP contribution in [0.2, 0.25) is 0 Å². The minimum Gasteiger partial charge on any atom is -0.494 e. The summed E-state index contributed by atoms with van der Waals surface area (Å²) < 4.78 is 35.7. The molecule has 0 radical (unpaired) electrons. The first-order valence-corrected chi connectivity index (χ1v) is 12.7. The first-order valence-electron chi connectivity index (χ1n) is 10.4. The number of hydrogen-bond donors (Lipinski definition) is 1. The van der Waals surface area contributed by atoms with Gasteiger partial charge in [0.1, 0.15) is 5.75 Å². The summed E-state index contributed by atoms with van der Waals surface area (Å²) in [6, 6.07) is 19.8. The zero-order valence-electron chi connectivity index (χ0n) is 18.3. The molecule has 1 amide bonds. The van der Waals surface area contributed by atoms with E-state index in [4.69, 9.17) is 11.2 Å². The summed E-state index contributed by atoms with van der Waals surface area (Å²) in [5.41, 5.74) is 1.53. The van der Waals surface area contributed by atoms with Gasteiger partial charge in [0.05, 0.1) is 28.3 Å². The van der Waals surface area contributed by atoms with Crippen LogP contribution in [-0.2, 0) is 16.6 Å². The smallest absolute Gasteiger partial charge is 0.279 e. The molecule has 172 valence electrons. The predicted octanol–water partition coefficient (Wildman–Crippen LogP) is 4.28. The van der Waals surface area contributed by atoms with Gasteiger partial charge in [-0.1, -0.05) is 35.5 Å². The highest BCUT2D eigenvalue weighted by atomic mass is 32.2. The summed E-state index contributed by atoms with van der Waals surface area (Å²) in [5.74, 6) is 2.87. The molecule has 0 unspecified atom stereocenters. The summed E-state index contributed by atoms with van der Waals surface area (Å²) in [6.07, 6.45) is 5.53. The van der Waals surface area contributed by atoms with Crippen molar-refractivity contribution in [2.24, 2.45) is 4.99 Å². The average molecular weight is 492 g/mol. The number of benzene rings is 3. The Bertz CT molecular complexity index is 1550. The largest absolute Gasteiger partial charge is 0.494 e. The van der Waals surface area contributed by atoms with Crippen molar-refractivity contribution in [3.8, 4) is 18.1 Å². The van der Waals surface area contributed by atoms with E-state index in [2.05, 4.69) is 15.6 Å². The lowest BCUT2D eigenvalue weighted by Crippen LogP contribution is -2.16. The predicted molar refractivity (Wildman–Crippen MR) is 133 cm³/mol. The van der Waals surface area contributed by atoms with Crippen LogP contribution in [-0.4, -0.2) is 25.5 Å². The van der Waals surface area contributed by atoms with Gasteiger partial charge in [-0.15, -0.1) is 6.42 Å². The van der Waals surface area contributed by atoms with Crippen LogP contribution < -0.4 is 14.3 Å². The maximum Gasteiger partial charge on any atom is 0.279 e. The Morgan fingerprint density at radius 1 is 1.12 bits per heavy atom. The molecule has 1 N–H and O–H groups in total. The number of thiazole rings is 1. The van der Waals surface area contributed by atoms with Crippen LogP contribution in [0.5, 0.6) is 5.75 Å². The minimum absolute atomic E-state index is 0.153. The van der Waals surface area contributed by atoms with E-state index in [1.807, 2.05) is 25.1 Å². The van der Waals surface area contributed by atoms with Gasteiger partial charge in [-0.3, -0.25) is 9.52 Å². The summed E-state index contributed by atoms with van der Waals surface area (Å²) in [4.78, 5) is 17.8. The SMILES string of the molecule is C#CCn1c(=NC(=O)c2ccc(NS(=O)(=O)c3ccccc3)cc2)sc2cc(OCC)ccc21. The number of anilines is 1. The van der Waals surface area contributed by atoms with Crippen molar-refractivity contribution in [1.29, 1.82) is 0 Å². The first kappa shape index (κ1) is 23.3. The molecule has 0 aliphatic rings. The molecule has 0 fully saturated rings. The maximum atomic E-state index is 12.8. The number of aromatic nitrogens is 1. The number of terminal acetylenes is 1. The Labute approximate surface area is 201 Å². The van der Waals surface area contributed by atoms with Gasteiger partial charge in [-0.05, 0) is 61.5 Å². The highest BCUT2D eigenvalue weighted by Crippen LogP contribution is 2.24. The van der Waals surface area contributed by atoms with Crippen molar-refractivity contribution < 1.29 is 17.9 Å². The molecule has 34 heavy (non-hydrogen) atoms. The van der Waals surface area contributed by atoms with E-state index in [1.54, 1.807) is 22.8 Å². The van der Waals surface area contributed by atoms with Crippen LogP contribution in [0.1, 0.15) is 17.3 Å². The molecule has 9 heteroatoms. The van der Waals surface area contributed by atoms with Crippen LogP contribution in [0.3, 0.4) is 0 Å². The van der Waals surface area contributed by atoms with Crippen molar-refractivity contribution in [1.82, 2.24) is 4.57 Å². The number of fused-ring (bicyclic) bond motifs is 1. The molecule has 4 aromatic rings. The molecule has 0 bridgehead atoms. The van der Waals surface area contributed by atoms with Gasteiger partial charge in [0.25, 0.3) is 15.9 Å². The second-order valence-corrected chi connectivity index (χ2v) is 9.84. The second-order valence-electron chi connectivity index (χ2n) is 7.15. The number of sulfonamides is 1. The van der Waals surface area contributed by atoms with Crippen molar-refractivity contribution >= 4 is 43.2 Å². The second kappa shape index (κ2) is 9.95. The lowest BCUT2D eigenvalue weighted by Gasteiger charge is -2.08. The highest BCUT2D eigenvalue weighted by Gasteiger charge is 2.14. The van der Waals surface area contributed by atoms with Crippen LogP contribution in [0, 0.1) is 12.3 Å². The fourth-order valence-electron chi connectivity index (χ4n) is 3.29. The number of rotatable bonds is 7. The Kier molecular flexibility index (Phi) is 6.82. The van der Waals surface area contributed by atoms with Crippen molar-refractivity contribution in [2.45, 2.75) is 18.4 Å². The van der Waals surface area contributed by atoms with Gasteiger partial charge < -0.3 is 9.30 Å². The van der Waals surface area contributed by atoms with E-state index in [-0.39, 0.29) is 11.4 Å². The topological polar surface area (TPSA) is 89.8 Å². The summed E-state index contributed by atoms with van der Waals surface area (Å²) in [5, 5.41) is 0. The van der Waals surface area contributed by atoms with Crippen molar-refractivity contribution in [2.75, 3.05) is 11.3 Å². The van der Waals surface area contributed by atoms with Crippen molar-refractivity contribution in [3.05, 3.63) is 83.2 Å². The van der Waals surface area contributed by atoms with Gasteiger partial charge in [-0.25, -0.2) is 8.42 Å². The number of hydrogen-bond acceptors (Lipinski definition) is 5. The Balaban J connectivity index is 1.61. The van der Waals surface area contributed by atoms with E-state index < -0.39 is 15.9 Å².